The Morgan fingerprint density at radius 2 is 2.00 bits per heavy atom. The number of hydrogen-bond acceptors (Lipinski definition) is 3. The molecule has 2 N–H and O–H groups in total. The van der Waals surface area contributed by atoms with E-state index in [1.54, 1.807) is 18.3 Å². The van der Waals surface area contributed by atoms with Crippen LogP contribution in [0.1, 0.15) is 5.56 Å². The Balaban J connectivity index is 1.78. The molecule has 2 rings (SSSR count). The van der Waals surface area contributed by atoms with Gasteiger partial charge in [-0.25, -0.2) is 5.43 Å². The van der Waals surface area contributed by atoms with Crippen molar-refractivity contribution in [1.82, 2.24) is 5.43 Å². The molecule has 4 nitrogen and oxygen atoms in total. The van der Waals surface area contributed by atoms with Crippen LogP contribution >= 0.6 is 34.2 Å². The van der Waals surface area contributed by atoms with E-state index in [0.29, 0.717) is 5.02 Å². The van der Waals surface area contributed by atoms with Crippen LogP contribution in [0.5, 0.6) is 0 Å². The first-order chi connectivity index (χ1) is 10.1. The first-order valence-electron chi connectivity index (χ1n) is 6.20. The number of anilines is 1. The van der Waals surface area contributed by atoms with Crippen molar-refractivity contribution in [3.63, 3.8) is 0 Å². The van der Waals surface area contributed by atoms with Crippen LogP contribution in [0.15, 0.2) is 53.6 Å². The Morgan fingerprint density at radius 1 is 1.24 bits per heavy atom. The smallest absolute Gasteiger partial charge is 0.259 e. The summed E-state index contributed by atoms with van der Waals surface area (Å²) < 4.78 is 1.15. The number of rotatable bonds is 5. The number of carbonyl (C=O) groups is 1. The second-order valence-corrected chi connectivity index (χ2v) is 5.89. The van der Waals surface area contributed by atoms with Crippen LogP contribution in [0.2, 0.25) is 5.02 Å². The van der Waals surface area contributed by atoms with E-state index in [-0.39, 0.29) is 12.5 Å². The maximum atomic E-state index is 11.6. The average Bonchev–Trinajstić information content (AvgIpc) is 2.47. The van der Waals surface area contributed by atoms with E-state index < -0.39 is 0 Å². The highest BCUT2D eigenvalue weighted by molar-refractivity contribution is 14.1. The van der Waals surface area contributed by atoms with Gasteiger partial charge in [-0.1, -0.05) is 23.7 Å². The topological polar surface area (TPSA) is 53.5 Å². The highest BCUT2D eigenvalue weighted by Crippen LogP contribution is 2.10. The largest absolute Gasteiger partial charge is 0.376 e. The lowest BCUT2D eigenvalue weighted by molar-refractivity contribution is -0.119. The van der Waals surface area contributed by atoms with Crippen LogP contribution < -0.4 is 10.7 Å². The summed E-state index contributed by atoms with van der Waals surface area (Å²) in [6, 6.07) is 15.0. The molecule has 0 fully saturated rings. The van der Waals surface area contributed by atoms with Gasteiger partial charge in [-0.2, -0.15) is 5.10 Å². The lowest BCUT2D eigenvalue weighted by atomic mass is 10.2. The fraction of sp³-hybridized carbons (Fsp3) is 0.0667. The minimum Gasteiger partial charge on any atom is -0.376 e. The molecule has 0 aromatic heterocycles. The van der Waals surface area contributed by atoms with E-state index in [9.17, 15) is 4.79 Å². The summed E-state index contributed by atoms with van der Waals surface area (Å²) in [5, 5.41) is 7.53. The highest BCUT2D eigenvalue weighted by Gasteiger charge is 1.99. The van der Waals surface area contributed by atoms with Gasteiger partial charge in [0.15, 0.2) is 0 Å². The molecular weight excluding hydrogens is 401 g/mol. The monoisotopic (exact) mass is 413 g/mol. The molecule has 0 aliphatic heterocycles. The van der Waals surface area contributed by atoms with E-state index in [1.165, 1.54) is 0 Å². The number of nitrogens with one attached hydrogen (secondary N) is 2. The molecule has 108 valence electrons. The molecular formula is C15H13ClIN3O. The second-order valence-electron chi connectivity index (χ2n) is 4.21. The molecule has 0 saturated carbocycles. The van der Waals surface area contributed by atoms with Crippen molar-refractivity contribution < 1.29 is 4.79 Å². The van der Waals surface area contributed by atoms with Gasteiger partial charge in [0.2, 0.25) is 0 Å². The average molecular weight is 414 g/mol. The number of amides is 1. The molecule has 0 radical (unpaired) electrons. The molecule has 0 bridgehead atoms. The van der Waals surface area contributed by atoms with Crippen LogP contribution in [0.4, 0.5) is 5.69 Å². The molecule has 0 saturated heterocycles. The molecule has 0 spiro atoms. The van der Waals surface area contributed by atoms with Crippen LogP contribution in [0.3, 0.4) is 0 Å². The summed E-state index contributed by atoms with van der Waals surface area (Å²) in [5.41, 5.74) is 4.18. The zero-order valence-electron chi connectivity index (χ0n) is 11.0. The fourth-order valence-electron chi connectivity index (χ4n) is 1.56. The van der Waals surface area contributed by atoms with Gasteiger partial charge in [0, 0.05) is 14.3 Å². The molecule has 21 heavy (non-hydrogen) atoms. The van der Waals surface area contributed by atoms with Crippen molar-refractivity contribution in [1.29, 1.82) is 0 Å². The van der Waals surface area contributed by atoms with Gasteiger partial charge in [-0.05, 0) is 64.6 Å². The van der Waals surface area contributed by atoms with E-state index >= 15 is 0 Å². The first kappa shape index (κ1) is 15.8. The summed E-state index contributed by atoms with van der Waals surface area (Å²) in [7, 11) is 0. The van der Waals surface area contributed by atoms with E-state index in [1.807, 2.05) is 36.4 Å². The summed E-state index contributed by atoms with van der Waals surface area (Å²) in [4.78, 5) is 11.6. The number of benzene rings is 2. The molecule has 2 aromatic rings. The lowest BCUT2D eigenvalue weighted by Crippen LogP contribution is -2.25. The van der Waals surface area contributed by atoms with Crippen LogP contribution in [0, 0.1) is 3.57 Å². The third-order valence-corrected chi connectivity index (χ3v) is 3.50. The fourth-order valence-corrected chi connectivity index (χ4v) is 2.11. The Kier molecular flexibility index (Phi) is 6.01. The summed E-state index contributed by atoms with van der Waals surface area (Å²) >= 11 is 8.08. The predicted molar refractivity (Wildman–Crippen MR) is 94.8 cm³/mol. The molecule has 0 aliphatic rings. The third-order valence-electron chi connectivity index (χ3n) is 2.55. The van der Waals surface area contributed by atoms with Crippen molar-refractivity contribution in [2.24, 2.45) is 5.10 Å². The number of nitrogens with zero attached hydrogens (tertiary/aromatic N) is 1. The zero-order valence-corrected chi connectivity index (χ0v) is 13.9. The van der Waals surface area contributed by atoms with Gasteiger partial charge < -0.3 is 5.32 Å². The van der Waals surface area contributed by atoms with Crippen LogP contribution in [-0.4, -0.2) is 18.7 Å². The number of halogens is 2. The Labute approximate surface area is 141 Å². The van der Waals surface area contributed by atoms with Crippen molar-refractivity contribution in [2.45, 2.75) is 0 Å². The third kappa shape index (κ3) is 5.73. The SMILES string of the molecule is O=C(CNc1ccc(I)cc1)N/N=C\c1cccc(Cl)c1. The molecule has 0 aliphatic carbocycles. The maximum Gasteiger partial charge on any atom is 0.259 e. The normalized spacial score (nSPS) is 10.6. The van der Waals surface area contributed by atoms with Crippen LogP contribution in [0.25, 0.3) is 0 Å². The quantitative estimate of drug-likeness (QED) is 0.448. The number of hydrogen-bond donors (Lipinski definition) is 2. The summed E-state index contributed by atoms with van der Waals surface area (Å²) in [5.74, 6) is -0.216. The highest BCUT2D eigenvalue weighted by atomic mass is 127. The molecule has 1 amide bonds. The van der Waals surface area contributed by atoms with E-state index in [4.69, 9.17) is 11.6 Å². The molecule has 2 aromatic carbocycles. The molecule has 0 unspecified atom stereocenters. The molecule has 6 heteroatoms. The lowest BCUT2D eigenvalue weighted by Gasteiger charge is -2.05. The first-order valence-corrected chi connectivity index (χ1v) is 7.66. The Morgan fingerprint density at radius 3 is 2.71 bits per heavy atom. The predicted octanol–water partition coefficient (Wildman–Crippen LogP) is 3.51. The summed E-state index contributed by atoms with van der Waals surface area (Å²) in [6.07, 6.45) is 1.55. The summed E-state index contributed by atoms with van der Waals surface area (Å²) in [6.45, 7) is 0.160. The van der Waals surface area contributed by atoms with E-state index in [2.05, 4.69) is 38.4 Å². The van der Waals surface area contributed by atoms with Gasteiger partial charge in [0.1, 0.15) is 0 Å². The van der Waals surface area contributed by atoms with Gasteiger partial charge in [0.25, 0.3) is 5.91 Å². The van der Waals surface area contributed by atoms with E-state index in [0.717, 1.165) is 14.8 Å². The van der Waals surface area contributed by atoms with Crippen molar-refractivity contribution in [3.8, 4) is 0 Å². The zero-order chi connectivity index (χ0) is 15.1. The molecule has 0 atom stereocenters. The molecule has 0 heterocycles. The van der Waals surface area contributed by atoms with Crippen LogP contribution in [-0.2, 0) is 4.79 Å². The minimum atomic E-state index is -0.216. The van der Waals surface area contributed by atoms with Gasteiger partial charge in [-0.15, -0.1) is 0 Å². The van der Waals surface area contributed by atoms with Crippen molar-refractivity contribution >= 4 is 52.0 Å². The van der Waals surface area contributed by atoms with Gasteiger partial charge in [-0.3, -0.25) is 4.79 Å². The van der Waals surface area contributed by atoms with Gasteiger partial charge >= 0.3 is 0 Å². The minimum absolute atomic E-state index is 0.160. The van der Waals surface area contributed by atoms with Gasteiger partial charge in [0.05, 0.1) is 12.8 Å². The van der Waals surface area contributed by atoms with Crippen molar-refractivity contribution in [3.05, 3.63) is 62.7 Å². The maximum absolute atomic E-state index is 11.6. The second kappa shape index (κ2) is 7.99. The number of carbonyl (C=O) groups excluding carboxylic acids is 1. The number of hydrazone groups is 1. The van der Waals surface area contributed by atoms with Crippen molar-refractivity contribution in [2.75, 3.05) is 11.9 Å². The standard InChI is InChI=1S/C15H13ClIN3O/c16-12-3-1-2-11(8-12)9-19-20-15(21)10-18-14-6-4-13(17)5-7-14/h1-9,18H,10H2,(H,20,21)/b19-9-. The Bertz CT molecular complexity index is 644. The Hall–Kier alpha value is -1.60.